The predicted octanol–water partition coefficient (Wildman–Crippen LogP) is 1.95. The van der Waals surface area contributed by atoms with E-state index in [2.05, 4.69) is 10.6 Å². The average Bonchev–Trinajstić information content (AvgIpc) is 2.46. The lowest BCUT2D eigenvalue weighted by Gasteiger charge is -2.41. The van der Waals surface area contributed by atoms with Gasteiger partial charge in [-0.2, -0.15) is 0 Å². The second-order valence-electron chi connectivity index (χ2n) is 6.20. The molecule has 1 heterocycles. The number of rotatable bonds is 3. The van der Waals surface area contributed by atoms with Crippen molar-refractivity contribution in [2.45, 2.75) is 43.9 Å². The van der Waals surface area contributed by atoms with Crippen molar-refractivity contribution in [3.63, 3.8) is 0 Å². The van der Waals surface area contributed by atoms with E-state index in [9.17, 15) is 9.59 Å². The normalized spacial score (nSPS) is 26.7. The Morgan fingerprint density at radius 3 is 2.77 bits per heavy atom. The molecular weight excluding hydrogens is 304 g/mol. The number of benzene rings is 1. The molecule has 3 rings (SSSR count). The molecule has 2 atom stereocenters. The van der Waals surface area contributed by atoms with Gasteiger partial charge in [0, 0.05) is 10.6 Å². The van der Waals surface area contributed by atoms with E-state index in [-0.39, 0.29) is 24.0 Å². The maximum atomic E-state index is 12.6. The standard InChI is InChI=1S/C16H19ClN2O3/c1-16(7-4-8-16)19-15(21)14-13(18-12(20)9-22-14)10-5-2-3-6-11(10)17/h2-3,5-6,13-14H,4,7-9H2,1H3,(H,18,20)(H,19,21)/t13-,14+/m1/s1. The summed E-state index contributed by atoms with van der Waals surface area (Å²) in [4.78, 5) is 24.2. The minimum Gasteiger partial charge on any atom is -0.356 e. The van der Waals surface area contributed by atoms with Crippen LogP contribution in [-0.2, 0) is 14.3 Å². The van der Waals surface area contributed by atoms with Crippen molar-refractivity contribution in [3.05, 3.63) is 34.9 Å². The molecule has 118 valence electrons. The lowest BCUT2D eigenvalue weighted by Crippen LogP contribution is -2.58. The molecule has 2 amide bonds. The first-order valence-electron chi connectivity index (χ1n) is 7.46. The number of carbonyl (C=O) groups is 2. The molecule has 0 aromatic heterocycles. The van der Waals surface area contributed by atoms with Crippen LogP contribution < -0.4 is 10.6 Å². The molecule has 2 aliphatic rings. The molecule has 1 saturated carbocycles. The molecule has 1 saturated heterocycles. The molecule has 5 nitrogen and oxygen atoms in total. The SMILES string of the molecule is CC1(NC(=O)[C@H]2OCC(=O)N[C@@H]2c2ccccc2Cl)CCC1. The molecule has 0 bridgehead atoms. The summed E-state index contributed by atoms with van der Waals surface area (Å²) in [6.45, 7) is 1.91. The molecule has 1 aromatic rings. The van der Waals surface area contributed by atoms with Crippen LogP contribution in [0.2, 0.25) is 5.02 Å². The third kappa shape index (κ3) is 2.96. The van der Waals surface area contributed by atoms with Gasteiger partial charge in [-0.1, -0.05) is 29.8 Å². The monoisotopic (exact) mass is 322 g/mol. The van der Waals surface area contributed by atoms with Crippen molar-refractivity contribution in [1.29, 1.82) is 0 Å². The Morgan fingerprint density at radius 1 is 1.41 bits per heavy atom. The topological polar surface area (TPSA) is 67.4 Å². The Hall–Kier alpha value is -1.59. The number of amides is 2. The van der Waals surface area contributed by atoms with E-state index in [1.54, 1.807) is 12.1 Å². The number of nitrogens with one attached hydrogen (secondary N) is 2. The first-order chi connectivity index (χ1) is 10.5. The van der Waals surface area contributed by atoms with Crippen molar-refractivity contribution in [2.24, 2.45) is 0 Å². The minimum atomic E-state index is -0.768. The molecule has 1 aliphatic carbocycles. The highest BCUT2D eigenvalue weighted by molar-refractivity contribution is 6.31. The quantitative estimate of drug-likeness (QED) is 0.894. The summed E-state index contributed by atoms with van der Waals surface area (Å²) in [6.07, 6.45) is 2.28. The largest absolute Gasteiger partial charge is 0.356 e. The number of morpholine rings is 1. The smallest absolute Gasteiger partial charge is 0.252 e. The molecule has 0 radical (unpaired) electrons. The van der Waals surface area contributed by atoms with Crippen LogP contribution in [0.25, 0.3) is 0 Å². The summed E-state index contributed by atoms with van der Waals surface area (Å²) in [5.41, 5.74) is 0.531. The molecule has 1 aliphatic heterocycles. The van der Waals surface area contributed by atoms with Gasteiger partial charge >= 0.3 is 0 Å². The van der Waals surface area contributed by atoms with Crippen LogP contribution in [-0.4, -0.2) is 30.1 Å². The maximum Gasteiger partial charge on any atom is 0.252 e. The highest BCUT2D eigenvalue weighted by Crippen LogP contribution is 2.33. The van der Waals surface area contributed by atoms with Crippen LogP contribution in [0.3, 0.4) is 0 Å². The number of hydrogen-bond donors (Lipinski definition) is 2. The number of hydrogen-bond acceptors (Lipinski definition) is 3. The number of halogens is 1. The molecule has 2 fully saturated rings. The molecule has 0 spiro atoms. The number of ether oxygens (including phenoxy) is 1. The van der Waals surface area contributed by atoms with Gasteiger partial charge in [0.15, 0.2) is 6.10 Å². The summed E-state index contributed by atoms with van der Waals surface area (Å²) in [5, 5.41) is 6.36. The van der Waals surface area contributed by atoms with Gasteiger partial charge in [-0.15, -0.1) is 0 Å². The van der Waals surface area contributed by atoms with Gasteiger partial charge in [-0.25, -0.2) is 0 Å². The van der Waals surface area contributed by atoms with Crippen molar-refractivity contribution in [3.8, 4) is 0 Å². The molecular formula is C16H19ClN2O3. The van der Waals surface area contributed by atoms with Crippen molar-refractivity contribution >= 4 is 23.4 Å². The third-order valence-corrected chi connectivity index (χ3v) is 4.74. The third-order valence-electron chi connectivity index (χ3n) is 4.39. The van der Waals surface area contributed by atoms with E-state index < -0.39 is 12.1 Å². The van der Waals surface area contributed by atoms with Gasteiger partial charge in [0.05, 0.1) is 6.04 Å². The fraction of sp³-hybridized carbons (Fsp3) is 0.500. The van der Waals surface area contributed by atoms with Gasteiger partial charge in [-0.3, -0.25) is 9.59 Å². The van der Waals surface area contributed by atoms with Crippen LogP contribution >= 0.6 is 11.6 Å². The zero-order valence-corrected chi connectivity index (χ0v) is 13.2. The van der Waals surface area contributed by atoms with E-state index in [0.717, 1.165) is 19.3 Å². The van der Waals surface area contributed by atoms with Gasteiger partial charge in [0.1, 0.15) is 6.61 Å². The van der Waals surface area contributed by atoms with Crippen molar-refractivity contribution in [1.82, 2.24) is 10.6 Å². The zero-order valence-electron chi connectivity index (χ0n) is 12.4. The fourth-order valence-corrected chi connectivity index (χ4v) is 3.20. The van der Waals surface area contributed by atoms with E-state index in [4.69, 9.17) is 16.3 Å². The van der Waals surface area contributed by atoms with Crippen LogP contribution in [0.5, 0.6) is 0 Å². The summed E-state index contributed by atoms with van der Waals surface area (Å²) in [5.74, 6) is -0.448. The fourth-order valence-electron chi connectivity index (χ4n) is 2.95. The molecule has 2 N–H and O–H groups in total. The molecule has 6 heteroatoms. The Labute approximate surface area is 134 Å². The predicted molar refractivity (Wildman–Crippen MR) is 82.5 cm³/mol. The highest BCUT2D eigenvalue weighted by Gasteiger charge is 2.41. The van der Waals surface area contributed by atoms with Crippen LogP contribution in [0.4, 0.5) is 0 Å². The van der Waals surface area contributed by atoms with E-state index in [1.165, 1.54) is 0 Å². The van der Waals surface area contributed by atoms with Crippen LogP contribution in [0.15, 0.2) is 24.3 Å². The summed E-state index contributed by atoms with van der Waals surface area (Å²) in [6, 6.07) is 6.60. The zero-order chi connectivity index (χ0) is 15.7. The van der Waals surface area contributed by atoms with Crippen LogP contribution in [0, 0.1) is 0 Å². The number of carbonyl (C=O) groups excluding carboxylic acids is 2. The molecule has 22 heavy (non-hydrogen) atoms. The second kappa shape index (κ2) is 5.89. The lowest BCUT2D eigenvalue weighted by molar-refractivity contribution is -0.149. The Balaban J connectivity index is 1.82. The van der Waals surface area contributed by atoms with Gasteiger partial charge in [-0.05, 0) is 37.8 Å². The first kappa shape index (κ1) is 15.3. The van der Waals surface area contributed by atoms with E-state index in [1.807, 2.05) is 19.1 Å². The van der Waals surface area contributed by atoms with Gasteiger partial charge in [0.2, 0.25) is 5.91 Å². The van der Waals surface area contributed by atoms with E-state index in [0.29, 0.717) is 10.6 Å². The maximum absolute atomic E-state index is 12.6. The summed E-state index contributed by atoms with van der Waals surface area (Å²) < 4.78 is 5.51. The Morgan fingerprint density at radius 2 is 2.14 bits per heavy atom. The molecule has 1 aromatic carbocycles. The van der Waals surface area contributed by atoms with E-state index >= 15 is 0 Å². The van der Waals surface area contributed by atoms with Crippen molar-refractivity contribution in [2.75, 3.05) is 6.61 Å². The summed E-state index contributed by atoms with van der Waals surface area (Å²) >= 11 is 6.21. The minimum absolute atomic E-state index is 0.115. The Kier molecular flexibility index (Phi) is 4.10. The van der Waals surface area contributed by atoms with Crippen molar-refractivity contribution < 1.29 is 14.3 Å². The Bertz CT molecular complexity index is 601. The first-order valence-corrected chi connectivity index (χ1v) is 7.84. The second-order valence-corrected chi connectivity index (χ2v) is 6.61. The lowest BCUT2D eigenvalue weighted by atomic mass is 9.78. The summed E-state index contributed by atoms with van der Waals surface area (Å²) in [7, 11) is 0. The average molecular weight is 323 g/mol. The van der Waals surface area contributed by atoms with Gasteiger partial charge < -0.3 is 15.4 Å². The highest BCUT2D eigenvalue weighted by atomic mass is 35.5. The molecule has 0 unspecified atom stereocenters. The van der Waals surface area contributed by atoms with Crippen LogP contribution in [0.1, 0.15) is 37.8 Å². The van der Waals surface area contributed by atoms with Gasteiger partial charge in [0.25, 0.3) is 5.91 Å².